The summed E-state index contributed by atoms with van der Waals surface area (Å²) in [6.45, 7) is 0. The summed E-state index contributed by atoms with van der Waals surface area (Å²) in [6, 6.07) is 10.3. The van der Waals surface area contributed by atoms with E-state index in [9.17, 15) is 0 Å². The van der Waals surface area contributed by atoms with Gasteiger partial charge in [0.15, 0.2) is 0 Å². The quantitative estimate of drug-likeness (QED) is 0.704. The maximum atomic E-state index is 3.25. The first-order chi connectivity index (χ1) is 5.72. The SMILES string of the molecule is CN(C)c1ccccc1.[Br][Zn][Br]. The molecule has 0 aliphatic rings. The third kappa shape index (κ3) is 6.16. The van der Waals surface area contributed by atoms with Gasteiger partial charge in [0.25, 0.3) is 0 Å². The molecule has 0 aliphatic carbocycles. The van der Waals surface area contributed by atoms with E-state index in [0.29, 0.717) is 0 Å². The van der Waals surface area contributed by atoms with Crippen LogP contribution in [0.4, 0.5) is 5.69 Å². The van der Waals surface area contributed by atoms with Gasteiger partial charge in [-0.05, 0) is 12.1 Å². The number of nitrogens with zero attached hydrogens (tertiary/aromatic N) is 1. The third-order valence-electron chi connectivity index (χ3n) is 1.27. The van der Waals surface area contributed by atoms with Crippen molar-refractivity contribution in [2.45, 2.75) is 0 Å². The van der Waals surface area contributed by atoms with Gasteiger partial charge in [-0.15, -0.1) is 0 Å². The second kappa shape index (κ2) is 8.21. The summed E-state index contributed by atoms with van der Waals surface area (Å²) in [4.78, 5) is 2.08. The van der Waals surface area contributed by atoms with Crippen molar-refractivity contribution in [1.29, 1.82) is 0 Å². The molecule has 0 spiro atoms. The summed E-state index contributed by atoms with van der Waals surface area (Å²) in [7, 11) is 4.07. The molecule has 4 heteroatoms. The van der Waals surface area contributed by atoms with E-state index >= 15 is 0 Å². The first kappa shape index (κ1) is 12.6. The van der Waals surface area contributed by atoms with Crippen molar-refractivity contribution in [3.63, 3.8) is 0 Å². The van der Waals surface area contributed by atoms with Crippen LogP contribution in [0, 0.1) is 0 Å². The van der Waals surface area contributed by atoms with Crippen molar-refractivity contribution < 1.29 is 13.2 Å². The molecule has 12 heavy (non-hydrogen) atoms. The van der Waals surface area contributed by atoms with Crippen molar-refractivity contribution >= 4 is 32.9 Å². The van der Waals surface area contributed by atoms with E-state index in [2.05, 4.69) is 44.3 Å². The Morgan fingerprint density at radius 2 is 1.50 bits per heavy atom. The first-order valence-corrected chi connectivity index (χ1v) is 17.5. The summed E-state index contributed by atoms with van der Waals surface area (Å²) in [5, 5.41) is 0. The van der Waals surface area contributed by atoms with E-state index in [1.54, 1.807) is 0 Å². The summed E-state index contributed by atoms with van der Waals surface area (Å²) in [5.74, 6) is 0. The minimum atomic E-state index is -0.250. The number of hydrogen-bond donors (Lipinski definition) is 0. The van der Waals surface area contributed by atoms with Crippen LogP contribution in [0.2, 0.25) is 0 Å². The zero-order chi connectivity index (χ0) is 9.40. The number of rotatable bonds is 1. The third-order valence-corrected chi connectivity index (χ3v) is 1.27. The zero-order valence-electron chi connectivity index (χ0n) is 7.30. The van der Waals surface area contributed by atoms with Gasteiger partial charge in [-0.1, -0.05) is 18.2 Å². The number of halogens is 2. The monoisotopic (exact) mass is 343 g/mol. The van der Waals surface area contributed by atoms with E-state index in [0.717, 1.165) is 0 Å². The maximum absolute atomic E-state index is 3.25. The molecule has 0 heterocycles. The molecule has 0 bridgehead atoms. The van der Waals surface area contributed by atoms with Gasteiger partial charge in [-0.3, -0.25) is 0 Å². The molecule has 0 saturated heterocycles. The van der Waals surface area contributed by atoms with Gasteiger partial charge >= 0.3 is 40.5 Å². The Hall–Kier alpha value is 0.603. The number of anilines is 1. The van der Waals surface area contributed by atoms with Crippen LogP contribution in [0.3, 0.4) is 0 Å². The summed E-state index contributed by atoms with van der Waals surface area (Å²) in [6.07, 6.45) is 0. The van der Waals surface area contributed by atoms with E-state index < -0.39 is 0 Å². The van der Waals surface area contributed by atoms with Crippen LogP contribution in [0.25, 0.3) is 0 Å². The average molecular weight is 346 g/mol. The van der Waals surface area contributed by atoms with Crippen LogP contribution >= 0.6 is 27.2 Å². The Kier molecular flexibility index (Phi) is 8.63. The van der Waals surface area contributed by atoms with Crippen LogP contribution in [-0.2, 0) is 13.2 Å². The molecule has 0 amide bonds. The van der Waals surface area contributed by atoms with Gasteiger partial charge in [-0.2, -0.15) is 0 Å². The van der Waals surface area contributed by atoms with Crippen molar-refractivity contribution in [3.05, 3.63) is 30.3 Å². The normalized spacial score (nSPS) is 7.67. The topological polar surface area (TPSA) is 3.24 Å². The molecule has 1 rings (SSSR count). The Morgan fingerprint density at radius 1 is 1.08 bits per heavy atom. The van der Waals surface area contributed by atoms with Crippen LogP contribution in [0.5, 0.6) is 0 Å². The van der Waals surface area contributed by atoms with E-state index in [-0.39, 0.29) is 13.2 Å². The van der Waals surface area contributed by atoms with Gasteiger partial charge in [0.1, 0.15) is 0 Å². The van der Waals surface area contributed by atoms with Gasteiger partial charge in [0.05, 0.1) is 0 Å². The molecule has 1 nitrogen and oxygen atoms in total. The van der Waals surface area contributed by atoms with E-state index in [4.69, 9.17) is 0 Å². The summed E-state index contributed by atoms with van der Waals surface area (Å²) < 4.78 is 0. The van der Waals surface area contributed by atoms with Crippen LogP contribution in [0.15, 0.2) is 30.3 Å². The fraction of sp³-hybridized carbons (Fsp3) is 0.250. The molecule has 64 valence electrons. The molecule has 0 atom stereocenters. The molecular formula is C8H11Br2NZn. The molecule has 0 saturated carbocycles. The number of benzene rings is 1. The van der Waals surface area contributed by atoms with E-state index in [1.807, 2.05) is 32.3 Å². The predicted molar refractivity (Wildman–Crippen MR) is 58.6 cm³/mol. The first-order valence-electron chi connectivity index (χ1n) is 3.56. The molecular weight excluding hydrogens is 335 g/mol. The average Bonchev–Trinajstić information content (AvgIpc) is 2.07. The molecule has 0 unspecified atom stereocenters. The van der Waals surface area contributed by atoms with E-state index in [1.165, 1.54) is 5.69 Å². The van der Waals surface area contributed by atoms with Crippen molar-refractivity contribution in [2.75, 3.05) is 19.0 Å². The molecule has 1 aromatic rings. The molecule has 0 radical (unpaired) electrons. The van der Waals surface area contributed by atoms with Gasteiger partial charge in [0, 0.05) is 19.8 Å². The number of para-hydroxylation sites is 1. The predicted octanol–water partition coefficient (Wildman–Crippen LogP) is 3.44. The van der Waals surface area contributed by atoms with Crippen LogP contribution in [0.1, 0.15) is 0 Å². The standard InChI is InChI=1S/C8H11N.2BrH.Zn/c1-9(2)8-6-4-3-5-7-8;;;/h3-7H,1-2H3;2*1H;/q;;;+2/p-2. The second-order valence-corrected chi connectivity index (χ2v) is 16.4. The van der Waals surface area contributed by atoms with Crippen molar-refractivity contribution in [1.82, 2.24) is 0 Å². The van der Waals surface area contributed by atoms with Gasteiger partial charge < -0.3 is 4.90 Å². The Balaban J connectivity index is 0.000000354. The van der Waals surface area contributed by atoms with Gasteiger partial charge in [0.2, 0.25) is 0 Å². The van der Waals surface area contributed by atoms with Crippen LogP contribution in [-0.4, -0.2) is 14.1 Å². The van der Waals surface area contributed by atoms with Crippen molar-refractivity contribution in [3.8, 4) is 0 Å². The Morgan fingerprint density at radius 3 is 1.75 bits per heavy atom. The molecule has 0 fully saturated rings. The fourth-order valence-electron chi connectivity index (χ4n) is 0.726. The molecule has 0 aromatic heterocycles. The fourth-order valence-corrected chi connectivity index (χ4v) is 0.726. The second-order valence-electron chi connectivity index (χ2n) is 2.33. The molecule has 0 aliphatic heterocycles. The number of hydrogen-bond acceptors (Lipinski definition) is 1. The Labute approximate surface area is 94.8 Å². The minimum absolute atomic E-state index is 0.250. The van der Waals surface area contributed by atoms with Crippen LogP contribution < -0.4 is 4.90 Å². The summed E-state index contributed by atoms with van der Waals surface area (Å²) in [5.41, 5.74) is 1.25. The molecule has 0 N–H and O–H groups in total. The van der Waals surface area contributed by atoms with Crippen molar-refractivity contribution in [2.24, 2.45) is 0 Å². The summed E-state index contributed by atoms with van der Waals surface area (Å²) >= 11 is 6.25. The van der Waals surface area contributed by atoms with Gasteiger partial charge in [-0.25, -0.2) is 0 Å². The molecule has 1 aromatic carbocycles. The zero-order valence-corrected chi connectivity index (χ0v) is 13.4. The Bertz CT molecular complexity index is 192.